The van der Waals surface area contributed by atoms with Gasteiger partial charge in [0.25, 0.3) is 5.91 Å². The number of rotatable bonds is 5. The first kappa shape index (κ1) is 13.4. The van der Waals surface area contributed by atoms with Gasteiger partial charge in [-0.3, -0.25) is 9.89 Å². The number of carboxylic acid groups (broad SMARTS) is 1. The van der Waals surface area contributed by atoms with Crippen molar-refractivity contribution in [3.63, 3.8) is 0 Å². The Morgan fingerprint density at radius 1 is 1.29 bits per heavy atom. The molecule has 0 radical (unpaired) electrons. The minimum absolute atomic E-state index is 0.221. The third kappa shape index (κ3) is 2.94. The maximum Gasteiger partial charge on any atom is 0.330 e. The highest BCUT2D eigenvalue weighted by molar-refractivity contribution is 5.95. The summed E-state index contributed by atoms with van der Waals surface area (Å²) < 4.78 is 0. The highest BCUT2D eigenvalue weighted by Gasteiger charge is 2.28. The van der Waals surface area contributed by atoms with E-state index in [1.807, 2.05) is 0 Å². The number of H-pyrrole nitrogens is 1. The SMILES string of the molecule is O=C(NC(C(=O)O)c1ccccc1)c1cc(C2CC2)[nH]n1. The van der Waals surface area contributed by atoms with Gasteiger partial charge in [0.15, 0.2) is 6.04 Å². The van der Waals surface area contributed by atoms with Crippen molar-refractivity contribution in [1.29, 1.82) is 0 Å². The first-order chi connectivity index (χ1) is 10.1. The van der Waals surface area contributed by atoms with Gasteiger partial charge in [0.05, 0.1) is 0 Å². The number of benzene rings is 1. The molecule has 0 bridgehead atoms. The van der Waals surface area contributed by atoms with Gasteiger partial charge < -0.3 is 10.4 Å². The Morgan fingerprint density at radius 2 is 2.00 bits per heavy atom. The molecule has 6 nitrogen and oxygen atoms in total. The van der Waals surface area contributed by atoms with E-state index >= 15 is 0 Å². The van der Waals surface area contributed by atoms with Crippen LogP contribution in [0.15, 0.2) is 36.4 Å². The zero-order valence-corrected chi connectivity index (χ0v) is 11.2. The van der Waals surface area contributed by atoms with Gasteiger partial charge in [-0.25, -0.2) is 4.79 Å². The third-order valence-electron chi connectivity index (χ3n) is 3.50. The molecule has 1 atom stereocenters. The summed E-state index contributed by atoms with van der Waals surface area (Å²) in [6.07, 6.45) is 2.20. The van der Waals surface area contributed by atoms with Gasteiger partial charge in [0, 0.05) is 11.6 Å². The molecule has 1 aromatic carbocycles. The molecule has 21 heavy (non-hydrogen) atoms. The van der Waals surface area contributed by atoms with Gasteiger partial charge in [0.1, 0.15) is 5.69 Å². The van der Waals surface area contributed by atoms with E-state index in [1.165, 1.54) is 0 Å². The van der Waals surface area contributed by atoms with Crippen LogP contribution in [-0.4, -0.2) is 27.2 Å². The van der Waals surface area contributed by atoms with E-state index in [-0.39, 0.29) is 5.69 Å². The summed E-state index contributed by atoms with van der Waals surface area (Å²) in [5, 5.41) is 18.6. The van der Waals surface area contributed by atoms with Crippen LogP contribution in [0.1, 0.15) is 46.5 Å². The highest BCUT2D eigenvalue weighted by Crippen LogP contribution is 2.39. The Bertz CT molecular complexity index is 662. The maximum absolute atomic E-state index is 12.1. The van der Waals surface area contributed by atoms with Crippen LogP contribution in [0.5, 0.6) is 0 Å². The number of hydrogen-bond acceptors (Lipinski definition) is 3. The number of carbonyl (C=O) groups excluding carboxylic acids is 1. The molecule has 108 valence electrons. The molecule has 2 aromatic rings. The summed E-state index contributed by atoms with van der Waals surface area (Å²) in [5.41, 5.74) is 1.68. The summed E-state index contributed by atoms with van der Waals surface area (Å²) in [7, 11) is 0. The number of aromatic amines is 1. The molecule has 1 aromatic heterocycles. The Labute approximate surface area is 121 Å². The van der Waals surface area contributed by atoms with E-state index in [4.69, 9.17) is 0 Å². The number of aliphatic carboxylic acids is 1. The Kier molecular flexibility index (Phi) is 3.43. The van der Waals surface area contributed by atoms with Crippen LogP contribution < -0.4 is 5.32 Å². The smallest absolute Gasteiger partial charge is 0.330 e. The summed E-state index contributed by atoms with van der Waals surface area (Å²) in [5.74, 6) is -1.13. The molecular formula is C15H15N3O3. The predicted molar refractivity (Wildman–Crippen MR) is 74.8 cm³/mol. The molecule has 0 aliphatic heterocycles. The Hall–Kier alpha value is -2.63. The molecule has 3 rings (SSSR count). The second-order valence-electron chi connectivity index (χ2n) is 5.14. The summed E-state index contributed by atoms with van der Waals surface area (Å²) in [6.45, 7) is 0. The van der Waals surface area contributed by atoms with Crippen molar-refractivity contribution in [3.05, 3.63) is 53.3 Å². The molecule has 3 N–H and O–H groups in total. The van der Waals surface area contributed by atoms with Gasteiger partial charge in [-0.15, -0.1) is 0 Å². The largest absolute Gasteiger partial charge is 0.479 e. The van der Waals surface area contributed by atoms with Crippen molar-refractivity contribution >= 4 is 11.9 Å². The van der Waals surface area contributed by atoms with E-state index in [2.05, 4.69) is 15.5 Å². The van der Waals surface area contributed by atoms with E-state index in [1.54, 1.807) is 36.4 Å². The van der Waals surface area contributed by atoms with Gasteiger partial charge in [-0.2, -0.15) is 5.10 Å². The first-order valence-corrected chi connectivity index (χ1v) is 6.79. The summed E-state index contributed by atoms with van der Waals surface area (Å²) in [4.78, 5) is 23.5. The van der Waals surface area contributed by atoms with Crippen LogP contribution >= 0.6 is 0 Å². The normalized spacial score (nSPS) is 15.4. The van der Waals surface area contributed by atoms with E-state index in [9.17, 15) is 14.7 Å². The highest BCUT2D eigenvalue weighted by atomic mass is 16.4. The van der Waals surface area contributed by atoms with Gasteiger partial charge in [-0.1, -0.05) is 30.3 Å². The van der Waals surface area contributed by atoms with Crippen molar-refractivity contribution in [2.75, 3.05) is 0 Å². The fourth-order valence-electron chi connectivity index (χ4n) is 2.19. The number of aromatic nitrogens is 2. The van der Waals surface area contributed by atoms with Crippen LogP contribution in [-0.2, 0) is 4.79 Å². The number of amides is 1. The summed E-state index contributed by atoms with van der Waals surface area (Å²) >= 11 is 0. The second kappa shape index (κ2) is 5.40. The van der Waals surface area contributed by atoms with Crippen molar-refractivity contribution in [1.82, 2.24) is 15.5 Å². The van der Waals surface area contributed by atoms with E-state index < -0.39 is 17.9 Å². The number of hydrogen-bond donors (Lipinski definition) is 3. The Balaban J connectivity index is 1.75. The van der Waals surface area contributed by atoms with Crippen molar-refractivity contribution in [2.24, 2.45) is 0 Å². The predicted octanol–water partition coefficient (Wildman–Crippen LogP) is 1.84. The second-order valence-corrected chi connectivity index (χ2v) is 5.14. The minimum atomic E-state index is -1.10. The lowest BCUT2D eigenvalue weighted by atomic mass is 10.1. The van der Waals surface area contributed by atoms with E-state index in [0.29, 0.717) is 11.5 Å². The number of nitrogens with one attached hydrogen (secondary N) is 2. The molecule has 6 heteroatoms. The number of carboxylic acids is 1. The lowest BCUT2D eigenvalue weighted by Gasteiger charge is -2.13. The molecule has 1 amide bonds. The maximum atomic E-state index is 12.1. The van der Waals surface area contributed by atoms with Crippen LogP contribution in [0.2, 0.25) is 0 Å². The fourth-order valence-corrected chi connectivity index (χ4v) is 2.19. The fraction of sp³-hybridized carbons (Fsp3) is 0.267. The van der Waals surface area contributed by atoms with Gasteiger partial charge in [0.2, 0.25) is 0 Å². The lowest BCUT2D eigenvalue weighted by molar-refractivity contribution is -0.139. The standard InChI is InChI=1S/C15H15N3O3/c19-14(12-8-11(17-18-12)9-6-7-9)16-13(15(20)21)10-4-2-1-3-5-10/h1-5,8-9,13H,6-7H2,(H,16,19)(H,17,18)(H,20,21). The topological polar surface area (TPSA) is 95.1 Å². The molecule has 1 unspecified atom stereocenters. The molecule has 0 spiro atoms. The van der Waals surface area contributed by atoms with Gasteiger partial charge in [-0.05, 0) is 24.5 Å². The van der Waals surface area contributed by atoms with Crippen LogP contribution in [0.4, 0.5) is 0 Å². The minimum Gasteiger partial charge on any atom is -0.479 e. The molecule has 1 aliphatic carbocycles. The van der Waals surface area contributed by atoms with Gasteiger partial charge >= 0.3 is 5.97 Å². The van der Waals surface area contributed by atoms with E-state index in [0.717, 1.165) is 18.5 Å². The average Bonchev–Trinajstić information content (AvgIpc) is 3.22. The van der Waals surface area contributed by atoms with Crippen molar-refractivity contribution in [3.8, 4) is 0 Å². The van der Waals surface area contributed by atoms with Crippen LogP contribution in [0, 0.1) is 0 Å². The number of carbonyl (C=O) groups is 2. The molecule has 0 saturated heterocycles. The first-order valence-electron chi connectivity index (χ1n) is 6.79. The number of nitrogens with zero attached hydrogens (tertiary/aromatic N) is 1. The zero-order valence-electron chi connectivity index (χ0n) is 11.2. The van der Waals surface area contributed by atoms with Crippen molar-refractivity contribution in [2.45, 2.75) is 24.8 Å². The molecule has 1 heterocycles. The lowest BCUT2D eigenvalue weighted by Crippen LogP contribution is -2.33. The van der Waals surface area contributed by atoms with Crippen LogP contribution in [0.25, 0.3) is 0 Å². The third-order valence-corrected chi connectivity index (χ3v) is 3.50. The zero-order chi connectivity index (χ0) is 14.8. The molecule has 1 aliphatic rings. The average molecular weight is 285 g/mol. The molecular weight excluding hydrogens is 270 g/mol. The molecule has 1 fully saturated rings. The molecule has 1 saturated carbocycles. The summed E-state index contributed by atoms with van der Waals surface area (Å²) in [6, 6.07) is 9.20. The monoisotopic (exact) mass is 285 g/mol. The quantitative estimate of drug-likeness (QED) is 0.781. The van der Waals surface area contributed by atoms with Crippen molar-refractivity contribution < 1.29 is 14.7 Å². The van der Waals surface area contributed by atoms with Crippen LogP contribution in [0.3, 0.4) is 0 Å². The Morgan fingerprint density at radius 3 is 2.62 bits per heavy atom.